The van der Waals surface area contributed by atoms with E-state index in [4.69, 9.17) is 0 Å². The Kier molecular flexibility index (Phi) is 4.98. The Bertz CT molecular complexity index is 543. The summed E-state index contributed by atoms with van der Waals surface area (Å²) in [6.45, 7) is 7.04. The van der Waals surface area contributed by atoms with Gasteiger partial charge in [0.1, 0.15) is 0 Å². The largest absolute Gasteiger partial charge is 0.470 e. The summed E-state index contributed by atoms with van der Waals surface area (Å²) in [5.74, 6) is -1.36. The van der Waals surface area contributed by atoms with Gasteiger partial charge in [0.15, 0.2) is 0 Å². The van der Waals surface area contributed by atoms with Gasteiger partial charge in [-0.2, -0.15) is 13.2 Å². The third-order valence-corrected chi connectivity index (χ3v) is 3.67. The molecule has 2 heterocycles. The summed E-state index contributed by atoms with van der Waals surface area (Å²) in [4.78, 5) is 13.9. The highest BCUT2D eigenvalue weighted by molar-refractivity contribution is 5.81. The fourth-order valence-electron chi connectivity index (χ4n) is 2.26. The van der Waals surface area contributed by atoms with Crippen molar-refractivity contribution < 1.29 is 22.4 Å². The van der Waals surface area contributed by atoms with E-state index in [1.54, 1.807) is 0 Å². The van der Waals surface area contributed by atoms with Gasteiger partial charge in [-0.05, 0) is 12.8 Å². The van der Waals surface area contributed by atoms with Crippen molar-refractivity contribution in [3.63, 3.8) is 0 Å². The maximum atomic E-state index is 12.4. The Hall–Kier alpha value is -1.64. The van der Waals surface area contributed by atoms with Crippen LogP contribution in [0.5, 0.6) is 0 Å². The van der Waals surface area contributed by atoms with Crippen molar-refractivity contribution in [3.8, 4) is 0 Å². The number of alkyl halides is 3. The van der Waals surface area contributed by atoms with Gasteiger partial charge in [0, 0.05) is 24.5 Å². The van der Waals surface area contributed by atoms with Gasteiger partial charge in [-0.3, -0.25) is 9.69 Å². The van der Waals surface area contributed by atoms with Crippen LogP contribution in [0.3, 0.4) is 0 Å². The molecule has 9 heteroatoms. The Labute approximate surface area is 132 Å². The van der Waals surface area contributed by atoms with Crippen LogP contribution in [0.1, 0.15) is 45.4 Å². The van der Waals surface area contributed by atoms with E-state index in [0.29, 0.717) is 13.1 Å². The first-order chi connectivity index (χ1) is 10.6. The number of halogens is 3. The van der Waals surface area contributed by atoms with Gasteiger partial charge in [0.25, 0.3) is 0 Å². The number of nitrogens with one attached hydrogen (secondary N) is 1. The lowest BCUT2D eigenvalue weighted by molar-refractivity contribution is -0.157. The van der Waals surface area contributed by atoms with Crippen molar-refractivity contribution in [1.29, 1.82) is 0 Å². The number of hydrogen-bond donors (Lipinski definition) is 1. The Morgan fingerprint density at radius 2 is 1.87 bits per heavy atom. The fraction of sp³-hybridized carbons (Fsp3) is 0.786. The monoisotopic (exact) mass is 334 g/mol. The standard InChI is InChI=1S/C14H21F3N4O2/c1-13(2,3)11(22)18-9-4-6-21(7-5-9)8-10-19-20-12(23-10)14(15,16)17/h9H,4-8H2,1-3H3,(H,18,22). The van der Waals surface area contributed by atoms with E-state index in [1.165, 1.54) is 0 Å². The topological polar surface area (TPSA) is 71.3 Å². The van der Waals surface area contributed by atoms with Crippen LogP contribution in [0.25, 0.3) is 0 Å². The molecule has 0 bridgehead atoms. The Morgan fingerprint density at radius 3 is 2.35 bits per heavy atom. The third-order valence-electron chi connectivity index (χ3n) is 3.67. The number of piperidine rings is 1. The molecule has 1 aromatic rings. The Balaban J connectivity index is 1.81. The van der Waals surface area contributed by atoms with Crippen molar-refractivity contribution in [2.45, 2.75) is 52.4 Å². The minimum Gasteiger partial charge on any atom is -0.416 e. The van der Waals surface area contributed by atoms with E-state index in [1.807, 2.05) is 25.7 Å². The van der Waals surface area contributed by atoms with Crippen molar-refractivity contribution >= 4 is 5.91 Å². The van der Waals surface area contributed by atoms with Crippen molar-refractivity contribution in [3.05, 3.63) is 11.8 Å². The van der Waals surface area contributed by atoms with Crippen molar-refractivity contribution in [2.24, 2.45) is 5.41 Å². The third kappa shape index (κ3) is 4.92. The Morgan fingerprint density at radius 1 is 1.26 bits per heavy atom. The van der Waals surface area contributed by atoms with Gasteiger partial charge in [0.2, 0.25) is 11.8 Å². The van der Waals surface area contributed by atoms with Crippen LogP contribution in [0.15, 0.2) is 4.42 Å². The van der Waals surface area contributed by atoms with Crippen LogP contribution >= 0.6 is 0 Å². The molecule has 1 aliphatic heterocycles. The number of rotatable bonds is 3. The minimum absolute atomic E-state index is 0.00247. The average Bonchev–Trinajstić information content (AvgIpc) is 2.88. The van der Waals surface area contributed by atoms with Gasteiger partial charge in [0.05, 0.1) is 6.54 Å². The molecule has 0 saturated carbocycles. The first-order valence-electron chi connectivity index (χ1n) is 7.48. The molecule has 23 heavy (non-hydrogen) atoms. The molecule has 0 aliphatic carbocycles. The molecule has 0 radical (unpaired) electrons. The lowest BCUT2D eigenvalue weighted by Gasteiger charge is -2.32. The molecular formula is C14H21F3N4O2. The van der Waals surface area contributed by atoms with Gasteiger partial charge in [-0.1, -0.05) is 20.8 Å². The number of amides is 1. The number of nitrogens with zero attached hydrogens (tertiary/aromatic N) is 3. The maximum Gasteiger partial charge on any atom is 0.470 e. The molecular weight excluding hydrogens is 313 g/mol. The molecule has 1 amide bonds. The van der Waals surface area contributed by atoms with Crippen LogP contribution in [-0.2, 0) is 17.5 Å². The molecule has 2 rings (SSSR count). The highest BCUT2D eigenvalue weighted by Crippen LogP contribution is 2.28. The molecule has 1 fully saturated rings. The molecule has 130 valence electrons. The molecule has 1 aromatic heterocycles. The molecule has 1 N–H and O–H groups in total. The number of carbonyl (C=O) groups excluding carboxylic acids is 1. The zero-order valence-corrected chi connectivity index (χ0v) is 13.4. The highest BCUT2D eigenvalue weighted by atomic mass is 19.4. The number of likely N-dealkylation sites (tertiary alicyclic amines) is 1. The van der Waals surface area contributed by atoms with Crippen LogP contribution in [0.4, 0.5) is 13.2 Å². The molecule has 0 aromatic carbocycles. The maximum absolute atomic E-state index is 12.4. The number of carbonyl (C=O) groups is 1. The number of aromatic nitrogens is 2. The second-order valence-corrected chi connectivity index (χ2v) is 6.77. The van der Waals surface area contributed by atoms with E-state index < -0.39 is 17.5 Å². The fourth-order valence-corrected chi connectivity index (χ4v) is 2.26. The second kappa shape index (κ2) is 6.46. The van der Waals surface area contributed by atoms with Gasteiger partial charge in [-0.15, -0.1) is 10.2 Å². The smallest absolute Gasteiger partial charge is 0.416 e. The second-order valence-electron chi connectivity index (χ2n) is 6.77. The van der Waals surface area contributed by atoms with Crippen LogP contribution < -0.4 is 5.32 Å². The normalized spacial score (nSPS) is 18.2. The summed E-state index contributed by atoms with van der Waals surface area (Å²) in [6.07, 6.45) is -3.14. The van der Waals surface area contributed by atoms with Crippen LogP contribution in [-0.4, -0.2) is 40.1 Å². The van der Waals surface area contributed by atoms with Crippen LogP contribution in [0.2, 0.25) is 0 Å². The summed E-state index contributed by atoms with van der Waals surface area (Å²) >= 11 is 0. The zero-order valence-electron chi connectivity index (χ0n) is 13.4. The lowest BCUT2D eigenvalue weighted by atomic mass is 9.94. The minimum atomic E-state index is -4.62. The van der Waals surface area contributed by atoms with E-state index in [9.17, 15) is 18.0 Å². The van der Waals surface area contributed by atoms with E-state index in [0.717, 1.165) is 12.8 Å². The predicted octanol–water partition coefficient (Wildman–Crippen LogP) is 2.22. The number of hydrogen-bond acceptors (Lipinski definition) is 5. The summed E-state index contributed by atoms with van der Waals surface area (Å²) in [7, 11) is 0. The summed E-state index contributed by atoms with van der Waals surface area (Å²) in [6, 6.07) is 0.0893. The van der Waals surface area contributed by atoms with E-state index >= 15 is 0 Å². The van der Waals surface area contributed by atoms with E-state index in [2.05, 4.69) is 19.9 Å². The van der Waals surface area contributed by atoms with Gasteiger partial charge >= 0.3 is 12.1 Å². The first-order valence-corrected chi connectivity index (χ1v) is 7.48. The lowest BCUT2D eigenvalue weighted by Crippen LogP contribution is -2.47. The summed E-state index contributed by atoms with van der Waals surface area (Å²) in [5, 5.41) is 9.44. The highest BCUT2D eigenvalue weighted by Gasteiger charge is 2.38. The van der Waals surface area contributed by atoms with Gasteiger partial charge < -0.3 is 9.73 Å². The molecule has 0 atom stereocenters. The van der Waals surface area contributed by atoms with Gasteiger partial charge in [-0.25, -0.2) is 0 Å². The van der Waals surface area contributed by atoms with Crippen LogP contribution in [0, 0.1) is 5.41 Å². The van der Waals surface area contributed by atoms with E-state index in [-0.39, 0.29) is 24.4 Å². The molecule has 1 aliphatic rings. The van der Waals surface area contributed by atoms with Crippen molar-refractivity contribution in [2.75, 3.05) is 13.1 Å². The summed E-state index contributed by atoms with van der Waals surface area (Å²) < 4.78 is 41.8. The first kappa shape index (κ1) is 17.7. The summed E-state index contributed by atoms with van der Waals surface area (Å²) in [5.41, 5.74) is -0.436. The molecule has 1 saturated heterocycles. The SMILES string of the molecule is CC(C)(C)C(=O)NC1CCN(Cc2nnc(C(F)(F)F)o2)CC1. The molecule has 6 nitrogen and oxygen atoms in total. The predicted molar refractivity (Wildman–Crippen MR) is 75.2 cm³/mol. The zero-order chi connectivity index (χ0) is 17.3. The quantitative estimate of drug-likeness (QED) is 0.918. The van der Waals surface area contributed by atoms with Crippen molar-refractivity contribution in [1.82, 2.24) is 20.4 Å². The molecule has 0 spiro atoms. The average molecular weight is 334 g/mol. The molecule has 0 unspecified atom stereocenters.